The molecule has 1 fully saturated rings. The zero-order chi connectivity index (χ0) is 20.8. The third-order valence-corrected chi connectivity index (χ3v) is 5.13. The zero-order valence-corrected chi connectivity index (χ0v) is 16.8. The molecule has 1 saturated heterocycles. The van der Waals surface area contributed by atoms with Gasteiger partial charge in [0.15, 0.2) is 0 Å². The van der Waals surface area contributed by atoms with Crippen LogP contribution in [0, 0.1) is 0 Å². The van der Waals surface area contributed by atoms with Crippen LogP contribution in [0.15, 0.2) is 60.7 Å². The van der Waals surface area contributed by atoms with E-state index in [4.69, 9.17) is 14.8 Å². The molecule has 0 unspecified atom stereocenters. The number of hydrogen-bond donors (Lipinski definition) is 2. The van der Waals surface area contributed by atoms with Gasteiger partial charge in [-0.3, -0.25) is 4.90 Å². The van der Waals surface area contributed by atoms with Gasteiger partial charge in [-0.25, -0.2) is 9.78 Å². The van der Waals surface area contributed by atoms with Crippen molar-refractivity contribution in [2.45, 2.75) is 13.0 Å². The third-order valence-electron chi connectivity index (χ3n) is 5.13. The van der Waals surface area contributed by atoms with Crippen LogP contribution in [0.3, 0.4) is 0 Å². The molecular formula is C24H25N3O3. The number of ether oxygens (including phenoxy) is 1. The predicted molar refractivity (Wildman–Crippen MR) is 116 cm³/mol. The standard InChI is InChI=1S/C24H25N3O3/c28-23(29)11-10-18-6-8-19(9-7-18)16-22-25-21(17-27-12-14-30-15-13-27)24(26-22)20-4-2-1-3-5-20/h1-11H,12-17H2,(H,25,26)(H,28,29). The number of aromatic amines is 1. The Hall–Kier alpha value is -3.22. The van der Waals surface area contributed by atoms with Crippen LogP contribution in [-0.4, -0.2) is 52.2 Å². The van der Waals surface area contributed by atoms with Crippen LogP contribution in [0.5, 0.6) is 0 Å². The van der Waals surface area contributed by atoms with Gasteiger partial charge in [0.1, 0.15) is 5.82 Å². The van der Waals surface area contributed by atoms with E-state index in [-0.39, 0.29) is 0 Å². The van der Waals surface area contributed by atoms with E-state index in [1.807, 2.05) is 42.5 Å². The highest BCUT2D eigenvalue weighted by Crippen LogP contribution is 2.24. The summed E-state index contributed by atoms with van der Waals surface area (Å²) in [6, 6.07) is 18.1. The molecular weight excluding hydrogens is 378 g/mol. The Morgan fingerprint density at radius 2 is 1.83 bits per heavy atom. The minimum Gasteiger partial charge on any atom is -0.478 e. The molecule has 0 aliphatic carbocycles. The summed E-state index contributed by atoms with van der Waals surface area (Å²) >= 11 is 0. The van der Waals surface area contributed by atoms with Crippen LogP contribution in [0.25, 0.3) is 17.3 Å². The quantitative estimate of drug-likeness (QED) is 0.590. The van der Waals surface area contributed by atoms with Crippen molar-refractivity contribution >= 4 is 12.0 Å². The second-order valence-corrected chi connectivity index (χ2v) is 7.36. The Morgan fingerprint density at radius 3 is 2.53 bits per heavy atom. The van der Waals surface area contributed by atoms with Gasteiger partial charge >= 0.3 is 5.97 Å². The average molecular weight is 403 g/mol. The molecule has 0 amide bonds. The Balaban J connectivity index is 1.55. The van der Waals surface area contributed by atoms with Crippen molar-refractivity contribution < 1.29 is 14.6 Å². The van der Waals surface area contributed by atoms with Gasteiger partial charge in [-0.15, -0.1) is 0 Å². The molecule has 2 N–H and O–H groups in total. The number of imidazole rings is 1. The minimum absolute atomic E-state index is 0.686. The highest BCUT2D eigenvalue weighted by molar-refractivity contribution is 5.85. The van der Waals surface area contributed by atoms with Crippen molar-refractivity contribution in [2.75, 3.05) is 26.3 Å². The Bertz CT molecular complexity index is 1000. The summed E-state index contributed by atoms with van der Waals surface area (Å²) in [6.07, 6.45) is 3.42. The van der Waals surface area contributed by atoms with E-state index >= 15 is 0 Å². The average Bonchev–Trinajstić information content (AvgIpc) is 3.16. The number of carbonyl (C=O) groups is 1. The Labute approximate surface area is 175 Å². The van der Waals surface area contributed by atoms with Crippen molar-refractivity contribution in [3.05, 3.63) is 83.3 Å². The van der Waals surface area contributed by atoms with E-state index in [1.54, 1.807) is 6.08 Å². The largest absolute Gasteiger partial charge is 0.478 e. The smallest absolute Gasteiger partial charge is 0.328 e. The summed E-state index contributed by atoms with van der Waals surface area (Å²) in [5, 5.41) is 8.75. The predicted octanol–water partition coefficient (Wildman–Crippen LogP) is 3.60. The number of carboxylic acids is 1. The molecule has 0 radical (unpaired) electrons. The SMILES string of the molecule is O=C(O)C=Cc1ccc(Cc2nc(-c3ccccc3)c(CN3CCOCC3)[nH]2)cc1. The molecule has 6 heteroatoms. The van der Waals surface area contributed by atoms with Crippen molar-refractivity contribution in [3.8, 4) is 11.3 Å². The van der Waals surface area contributed by atoms with Gasteiger partial charge in [0.25, 0.3) is 0 Å². The van der Waals surface area contributed by atoms with Crippen LogP contribution in [0.4, 0.5) is 0 Å². The normalized spacial score (nSPS) is 14.9. The zero-order valence-electron chi connectivity index (χ0n) is 16.8. The van der Waals surface area contributed by atoms with Gasteiger partial charge in [-0.05, 0) is 17.2 Å². The van der Waals surface area contributed by atoms with Crippen LogP contribution < -0.4 is 0 Å². The van der Waals surface area contributed by atoms with Gasteiger partial charge < -0.3 is 14.8 Å². The van der Waals surface area contributed by atoms with Crippen molar-refractivity contribution in [2.24, 2.45) is 0 Å². The molecule has 4 rings (SSSR count). The van der Waals surface area contributed by atoms with Gasteiger partial charge in [-0.2, -0.15) is 0 Å². The first-order valence-electron chi connectivity index (χ1n) is 10.1. The van der Waals surface area contributed by atoms with Crippen LogP contribution >= 0.6 is 0 Å². The number of rotatable bonds is 7. The summed E-state index contributed by atoms with van der Waals surface area (Å²) in [6.45, 7) is 4.20. The molecule has 1 aliphatic rings. The summed E-state index contributed by atoms with van der Waals surface area (Å²) < 4.78 is 5.47. The lowest BCUT2D eigenvalue weighted by atomic mass is 10.1. The van der Waals surface area contributed by atoms with Gasteiger partial charge in [-0.1, -0.05) is 54.6 Å². The van der Waals surface area contributed by atoms with Crippen molar-refractivity contribution in [1.29, 1.82) is 0 Å². The molecule has 3 aromatic rings. The Kier molecular flexibility index (Phi) is 6.37. The van der Waals surface area contributed by atoms with E-state index in [0.29, 0.717) is 6.42 Å². The molecule has 2 heterocycles. The van der Waals surface area contributed by atoms with E-state index in [2.05, 4.69) is 22.0 Å². The van der Waals surface area contributed by atoms with Crippen molar-refractivity contribution in [1.82, 2.24) is 14.9 Å². The van der Waals surface area contributed by atoms with E-state index in [9.17, 15) is 4.79 Å². The number of benzene rings is 2. The maximum absolute atomic E-state index is 10.7. The van der Waals surface area contributed by atoms with E-state index in [0.717, 1.165) is 72.8 Å². The van der Waals surface area contributed by atoms with E-state index in [1.165, 1.54) is 0 Å². The topological polar surface area (TPSA) is 78.4 Å². The molecule has 1 aliphatic heterocycles. The maximum atomic E-state index is 10.7. The number of morpholine rings is 1. The summed E-state index contributed by atoms with van der Waals surface area (Å²) in [5.74, 6) is -0.0261. The van der Waals surface area contributed by atoms with Crippen LogP contribution in [-0.2, 0) is 22.5 Å². The number of aliphatic carboxylic acids is 1. The molecule has 1 aromatic heterocycles. The minimum atomic E-state index is -0.948. The van der Waals surface area contributed by atoms with Crippen LogP contribution in [0.1, 0.15) is 22.6 Å². The summed E-state index contributed by atoms with van der Waals surface area (Å²) in [7, 11) is 0. The number of hydrogen-bond acceptors (Lipinski definition) is 4. The second-order valence-electron chi connectivity index (χ2n) is 7.36. The molecule has 0 atom stereocenters. The second kappa shape index (κ2) is 9.52. The fourth-order valence-corrected chi connectivity index (χ4v) is 3.59. The fraction of sp³-hybridized carbons (Fsp3) is 0.250. The van der Waals surface area contributed by atoms with Gasteiger partial charge in [0.2, 0.25) is 0 Å². The number of nitrogens with zero attached hydrogens (tertiary/aromatic N) is 2. The van der Waals surface area contributed by atoms with Crippen molar-refractivity contribution in [3.63, 3.8) is 0 Å². The monoisotopic (exact) mass is 403 g/mol. The number of aromatic nitrogens is 2. The lowest BCUT2D eigenvalue weighted by Crippen LogP contribution is -2.35. The molecule has 6 nitrogen and oxygen atoms in total. The number of H-pyrrole nitrogens is 1. The molecule has 0 saturated carbocycles. The highest BCUT2D eigenvalue weighted by Gasteiger charge is 2.17. The maximum Gasteiger partial charge on any atom is 0.328 e. The van der Waals surface area contributed by atoms with Crippen LogP contribution in [0.2, 0.25) is 0 Å². The fourth-order valence-electron chi connectivity index (χ4n) is 3.59. The first-order valence-corrected chi connectivity index (χ1v) is 10.1. The Morgan fingerprint density at radius 1 is 1.10 bits per heavy atom. The molecule has 0 bridgehead atoms. The highest BCUT2D eigenvalue weighted by atomic mass is 16.5. The first kappa shape index (κ1) is 20.1. The van der Waals surface area contributed by atoms with Gasteiger partial charge in [0, 0.05) is 37.7 Å². The van der Waals surface area contributed by atoms with Gasteiger partial charge in [0.05, 0.1) is 24.6 Å². The lowest BCUT2D eigenvalue weighted by molar-refractivity contribution is -0.131. The number of carboxylic acid groups (broad SMARTS) is 1. The molecule has 30 heavy (non-hydrogen) atoms. The lowest BCUT2D eigenvalue weighted by Gasteiger charge is -2.26. The summed E-state index contributed by atoms with van der Waals surface area (Å²) in [4.78, 5) is 21.5. The first-order chi connectivity index (χ1) is 14.7. The van der Waals surface area contributed by atoms with E-state index < -0.39 is 5.97 Å². The molecule has 0 spiro atoms. The molecule has 2 aromatic carbocycles. The number of nitrogens with one attached hydrogen (secondary N) is 1. The molecule has 154 valence electrons. The third kappa shape index (κ3) is 5.23. The summed E-state index contributed by atoms with van der Waals surface area (Å²) in [5.41, 5.74) is 5.21.